The van der Waals surface area contributed by atoms with Gasteiger partial charge in [-0.25, -0.2) is 0 Å². The number of hydrogen-bond acceptors (Lipinski definition) is 2. The average molecular weight is 565 g/mol. The topological polar surface area (TPSA) is 58.2 Å². The standard InChI is InChI=1S/C36H72N2O2/c1-4-6-8-10-12-14-16-18-20-22-24-26-28-30-32-35(39)37-34(3)38-36(40)33-31-29-27-25-23-21-19-17-15-13-11-9-7-5-2/h34H,4-33H2,1-3H3,(H,37,39)(H,38,40). The number of carbonyl (C=O) groups excluding carboxylic acids is 2. The molecule has 0 aromatic rings. The van der Waals surface area contributed by atoms with Crippen molar-refractivity contribution in [1.82, 2.24) is 10.6 Å². The first-order valence-corrected chi connectivity index (χ1v) is 18.2. The number of nitrogens with one attached hydrogen (secondary N) is 2. The Bertz CT molecular complexity index is 491. The van der Waals surface area contributed by atoms with Gasteiger partial charge < -0.3 is 10.6 Å². The highest BCUT2D eigenvalue weighted by Gasteiger charge is 2.10. The largest absolute Gasteiger partial charge is 0.336 e. The third-order valence-corrected chi connectivity index (χ3v) is 8.27. The maximum atomic E-state index is 12.2. The highest BCUT2D eigenvalue weighted by molar-refractivity contribution is 5.79. The SMILES string of the molecule is CCCCCCCCCCCCCCCCC(=O)NC(C)NC(=O)CCCCCCCCCCCCCCCC. The maximum absolute atomic E-state index is 12.2. The summed E-state index contributed by atoms with van der Waals surface area (Å²) in [5.41, 5.74) is 0. The third-order valence-electron chi connectivity index (χ3n) is 8.27. The molecule has 0 bridgehead atoms. The first-order chi connectivity index (χ1) is 19.6. The fourth-order valence-corrected chi connectivity index (χ4v) is 5.62. The van der Waals surface area contributed by atoms with Crippen LogP contribution in [0.5, 0.6) is 0 Å². The van der Waals surface area contributed by atoms with Gasteiger partial charge in [0, 0.05) is 12.8 Å². The Morgan fingerprint density at radius 3 is 0.800 bits per heavy atom. The highest BCUT2D eigenvalue weighted by Crippen LogP contribution is 2.14. The minimum Gasteiger partial charge on any atom is -0.336 e. The molecule has 238 valence electrons. The van der Waals surface area contributed by atoms with Gasteiger partial charge >= 0.3 is 0 Å². The monoisotopic (exact) mass is 565 g/mol. The van der Waals surface area contributed by atoms with Gasteiger partial charge in [0.25, 0.3) is 0 Å². The molecule has 0 aromatic heterocycles. The molecule has 0 fully saturated rings. The molecule has 0 aliphatic heterocycles. The van der Waals surface area contributed by atoms with E-state index in [1.54, 1.807) is 0 Å². The molecule has 0 atom stereocenters. The van der Waals surface area contributed by atoms with Crippen molar-refractivity contribution in [3.8, 4) is 0 Å². The summed E-state index contributed by atoms with van der Waals surface area (Å²) in [6, 6.07) is 0. The summed E-state index contributed by atoms with van der Waals surface area (Å²) >= 11 is 0. The molecule has 0 radical (unpaired) electrons. The molecule has 4 heteroatoms. The smallest absolute Gasteiger partial charge is 0.221 e. The van der Waals surface area contributed by atoms with Crippen LogP contribution in [0.25, 0.3) is 0 Å². The highest BCUT2D eigenvalue weighted by atomic mass is 16.2. The summed E-state index contributed by atoms with van der Waals surface area (Å²) in [4.78, 5) is 24.4. The van der Waals surface area contributed by atoms with Crippen LogP contribution in [0.3, 0.4) is 0 Å². The van der Waals surface area contributed by atoms with Crippen LogP contribution in [0.4, 0.5) is 0 Å². The molecule has 40 heavy (non-hydrogen) atoms. The molecule has 0 unspecified atom stereocenters. The van der Waals surface area contributed by atoms with Crippen LogP contribution in [-0.4, -0.2) is 18.0 Å². The second-order valence-corrected chi connectivity index (χ2v) is 12.5. The molecule has 0 saturated carbocycles. The molecule has 2 N–H and O–H groups in total. The lowest BCUT2D eigenvalue weighted by atomic mass is 10.0. The average Bonchev–Trinajstić information content (AvgIpc) is 2.93. The lowest BCUT2D eigenvalue weighted by Crippen LogP contribution is -2.45. The molecule has 4 nitrogen and oxygen atoms in total. The van der Waals surface area contributed by atoms with Crippen molar-refractivity contribution in [2.75, 3.05) is 0 Å². The van der Waals surface area contributed by atoms with Crippen molar-refractivity contribution in [2.45, 2.75) is 220 Å². The van der Waals surface area contributed by atoms with Gasteiger partial charge in [0.2, 0.25) is 11.8 Å². The maximum Gasteiger partial charge on any atom is 0.221 e. The predicted octanol–water partition coefficient (Wildman–Crippen LogP) is 11.3. The molecule has 0 saturated heterocycles. The van der Waals surface area contributed by atoms with Crippen molar-refractivity contribution in [3.05, 3.63) is 0 Å². The molecule has 0 aliphatic carbocycles. The van der Waals surface area contributed by atoms with Gasteiger partial charge in [0.1, 0.15) is 0 Å². The molecular formula is C36H72N2O2. The van der Waals surface area contributed by atoms with Crippen LogP contribution in [0.1, 0.15) is 213 Å². The molecule has 0 rings (SSSR count). The van der Waals surface area contributed by atoms with E-state index in [4.69, 9.17) is 0 Å². The Morgan fingerprint density at radius 1 is 0.375 bits per heavy atom. The van der Waals surface area contributed by atoms with E-state index in [2.05, 4.69) is 24.5 Å². The van der Waals surface area contributed by atoms with E-state index >= 15 is 0 Å². The van der Waals surface area contributed by atoms with Crippen LogP contribution in [0.2, 0.25) is 0 Å². The van der Waals surface area contributed by atoms with Gasteiger partial charge in [0.05, 0.1) is 6.17 Å². The van der Waals surface area contributed by atoms with E-state index in [-0.39, 0.29) is 18.0 Å². The zero-order chi connectivity index (χ0) is 29.4. The summed E-state index contributed by atoms with van der Waals surface area (Å²) in [6.45, 7) is 6.42. The fourth-order valence-electron chi connectivity index (χ4n) is 5.62. The number of amides is 2. The Hall–Kier alpha value is -1.06. The van der Waals surface area contributed by atoms with E-state index in [1.165, 1.54) is 154 Å². The second-order valence-electron chi connectivity index (χ2n) is 12.5. The molecule has 0 heterocycles. The zero-order valence-corrected chi connectivity index (χ0v) is 27.6. The van der Waals surface area contributed by atoms with Crippen LogP contribution < -0.4 is 10.6 Å². The fraction of sp³-hybridized carbons (Fsp3) is 0.944. The molecular weight excluding hydrogens is 492 g/mol. The minimum absolute atomic E-state index is 0.0585. The first-order valence-electron chi connectivity index (χ1n) is 18.2. The van der Waals surface area contributed by atoms with Gasteiger partial charge in [-0.2, -0.15) is 0 Å². The quantitative estimate of drug-likeness (QED) is 0.0630. The van der Waals surface area contributed by atoms with Crippen molar-refractivity contribution < 1.29 is 9.59 Å². The van der Waals surface area contributed by atoms with E-state index in [1.807, 2.05) is 6.92 Å². The first kappa shape index (κ1) is 38.9. The summed E-state index contributed by atoms with van der Waals surface area (Å²) in [7, 11) is 0. The summed E-state index contributed by atoms with van der Waals surface area (Å²) < 4.78 is 0. The van der Waals surface area contributed by atoms with Gasteiger partial charge in [-0.1, -0.05) is 181 Å². The van der Waals surface area contributed by atoms with Gasteiger partial charge in [0.15, 0.2) is 0 Å². The Balaban J connectivity index is 3.40. The molecule has 0 aromatic carbocycles. The van der Waals surface area contributed by atoms with E-state index in [9.17, 15) is 9.59 Å². The number of unbranched alkanes of at least 4 members (excludes halogenated alkanes) is 26. The molecule has 0 aliphatic rings. The third kappa shape index (κ3) is 31.5. The van der Waals surface area contributed by atoms with Crippen LogP contribution in [-0.2, 0) is 9.59 Å². The Kier molecular flexibility index (Phi) is 31.6. The van der Waals surface area contributed by atoms with E-state index < -0.39 is 0 Å². The van der Waals surface area contributed by atoms with Crippen LogP contribution in [0.15, 0.2) is 0 Å². The summed E-state index contributed by atoms with van der Waals surface area (Å²) in [5.74, 6) is 0.117. The molecule has 0 spiro atoms. The van der Waals surface area contributed by atoms with Crippen molar-refractivity contribution in [2.24, 2.45) is 0 Å². The number of rotatable bonds is 32. The minimum atomic E-state index is -0.279. The normalized spacial score (nSPS) is 11.3. The van der Waals surface area contributed by atoms with Crippen LogP contribution >= 0.6 is 0 Å². The summed E-state index contributed by atoms with van der Waals surface area (Å²) in [6.07, 6.45) is 37.9. The Labute approximate surface area is 251 Å². The van der Waals surface area contributed by atoms with Crippen molar-refractivity contribution >= 4 is 11.8 Å². The van der Waals surface area contributed by atoms with Gasteiger partial charge in [-0.05, 0) is 19.8 Å². The Morgan fingerprint density at radius 2 is 0.575 bits per heavy atom. The summed E-state index contributed by atoms with van der Waals surface area (Å²) in [5, 5.41) is 5.88. The van der Waals surface area contributed by atoms with E-state index in [0.717, 1.165) is 25.7 Å². The lowest BCUT2D eigenvalue weighted by Gasteiger charge is -2.16. The van der Waals surface area contributed by atoms with Crippen molar-refractivity contribution in [1.29, 1.82) is 0 Å². The lowest BCUT2D eigenvalue weighted by molar-refractivity contribution is -0.124. The van der Waals surface area contributed by atoms with Gasteiger partial charge in [-0.15, -0.1) is 0 Å². The van der Waals surface area contributed by atoms with Crippen molar-refractivity contribution in [3.63, 3.8) is 0 Å². The number of hydrogen-bond donors (Lipinski definition) is 2. The van der Waals surface area contributed by atoms with Gasteiger partial charge in [-0.3, -0.25) is 9.59 Å². The predicted molar refractivity (Wildman–Crippen MR) is 176 cm³/mol. The number of carbonyl (C=O) groups is 2. The second kappa shape index (κ2) is 32.5. The van der Waals surface area contributed by atoms with E-state index in [0.29, 0.717) is 12.8 Å². The zero-order valence-electron chi connectivity index (χ0n) is 27.6. The molecule has 2 amide bonds. The van der Waals surface area contributed by atoms with Crippen LogP contribution in [0, 0.1) is 0 Å².